The van der Waals surface area contributed by atoms with Crippen LogP contribution >= 0.6 is 12.6 Å². The van der Waals surface area contributed by atoms with Crippen LogP contribution in [0.5, 0.6) is 0 Å². The Morgan fingerprint density at radius 2 is 1.95 bits per heavy atom. The van der Waals surface area contributed by atoms with Gasteiger partial charge in [-0.15, -0.1) is 12.6 Å². The van der Waals surface area contributed by atoms with Crippen LogP contribution in [0.1, 0.15) is 0 Å². The van der Waals surface area contributed by atoms with Crippen LogP contribution in [0.2, 0.25) is 0 Å². The van der Waals surface area contributed by atoms with E-state index in [1.165, 1.54) is 0 Å². The Kier molecular flexibility index (Phi) is 5.07. The molecule has 1 aromatic rings. The highest BCUT2D eigenvalue weighted by molar-refractivity contribution is 7.80. The molecular formula is C13H19N3O2S. The molecule has 104 valence electrons. The number of para-hydroxylation sites is 1. The number of thiol groups is 1. The van der Waals surface area contributed by atoms with Gasteiger partial charge in [-0.3, -0.25) is 4.90 Å². The van der Waals surface area contributed by atoms with Crippen molar-refractivity contribution in [2.45, 2.75) is 4.90 Å². The van der Waals surface area contributed by atoms with E-state index in [1.807, 2.05) is 24.3 Å². The second kappa shape index (κ2) is 6.79. The first kappa shape index (κ1) is 14.2. The van der Waals surface area contributed by atoms with E-state index < -0.39 is 0 Å². The summed E-state index contributed by atoms with van der Waals surface area (Å²) < 4.78 is 0. The molecule has 0 bridgehead atoms. The number of carbonyl (C=O) groups is 1. The average molecular weight is 281 g/mol. The fourth-order valence-corrected chi connectivity index (χ4v) is 2.31. The summed E-state index contributed by atoms with van der Waals surface area (Å²) in [5.74, 6) is 0. The SMILES string of the molecule is O=C(Nc1ccccc1S)N1CCN(CCO)CC1. The van der Waals surface area contributed by atoms with Crippen LogP contribution in [0.3, 0.4) is 0 Å². The molecule has 1 fully saturated rings. The molecule has 6 heteroatoms. The number of nitrogens with one attached hydrogen (secondary N) is 1. The van der Waals surface area contributed by atoms with Gasteiger partial charge in [0.2, 0.25) is 0 Å². The van der Waals surface area contributed by atoms with E-state index in [9.17, 15) is 4.79 Å². The number of rotatable bonds is 3. The third kappa shape index (κ3) is 3.86. The van der Waals surface area contributed by atoms with Crippen molar-refractivity contribution in [3.05, 3.63) is 24.3 Å². The van der Waals surface area contributed by atoms with E-state index in [0.717, 1.165) is 23.7 Å². The topological polar surface area (TPSA) is 55.8 Å². The summed E-state index contributed by atoms with van der Waals surface area (Å²) >= 11 is 4.31. The Bertz CT molecular complexity index is 434. The molecule has 0 saturated carbocycles. The zero-order valence-electron chi connectivity index (χ0n) is 10.7. The molecule has 0 spiro atoms. The summed E-state index contributed by atoms with van der Waals surface area (Å²) in [6.45, 7) is 3.81. The van der Waals surface area contributed by atoms with Gasteiger partial charge in [0.15, 0.2) is 0 Å². The monoisotopic (exact) mass is 281 g/mol. The van der Waals surface area contributed by atoms with E-state index in [1.54, 1.807) is 4.90 Å². The standard InChI is InChI=1S/C13H19N3O2S/c17-10-9-15-5-7-16(8-6-15)13(18)14-11-3-1-2-4-12(11)19/h1-4,17,19H,5-10H2,(H,14,18). The van der Waals surface area contributed by atoms with Crippen LogP contribution in [0.25, 0.3) is 0 Å². The van der Waals surface area contributed by atoms with Crippen molar-refractivity contribution in [2.24, 2.45) is 0 Å². The first-order chi connectivity index (χ1) is 9.20. The van der Waals surface area contributed by atoms with Crippen molar-refractivity contribution in [1.82, 2.24) is 9.80 Å². The lowest BCUT2D eigenvalue weighted by Crippen LogP contribution is -2.50. The van der Waals surface area contributed by atoms with E-state index >= 15 is 0 Å². The van der Waals surface area contributed by atoms with Gasteiger partial charge in [0, 0.05) is 37.6 Å². The summed E-state index contributed by atoms with van der Waals surface area (Å²) in [5.41, 5.74) is 0.730. The third-order valence-electron chi connectivity index (χ3n) is 3.22. The second-order valence-electron chi connectivity index (χ2n) is 4.50. The number of hydrogen-bond donors (Lipinski definition) is 3. The number of aliphatic hydroxyl groups is 1. The number of aliphatic hydroxyl groups excluding tert-OH is 1. The average Bonchev–Trinajstić information content (AvgIpc) is 2.42. The maximum atomic E-state index is 12.1. The van der Waals surface area contributed by atoms with Gasteiger partial charge < -0.3 is 15.3 Å². The largest absolute Gasteiger partial charge is 0.395 e. The number of carbonyl (C=O) groups excluding carboxylic acids is 1. The normalized spacial score (nSPS) is 16.4. The fourth-order valence-electron chi connectivity index (χ4n) is 2.09. The van der Waals surface area contributed by atoms with Crippen LogP contribution in [0, 0.1) is 0 Å². The quantitative estimate of drug-likeness (QED) is 0.728. The number of urea groups is 1. The highest BCUT2D eigenvalue weighted by Crippen LogP contribution is 2.19. The van der Waals surface area contributed by atoms with Crippen LogP contribution in [-0.4, -0.2) is 60.3 Å². The molecule has 2 amide bonds. The summed E-state index contributed by atoms with van der Waals surface area (Å²) in [4.78, 5) is 16.8. The number of β-amino-alcohol motifs (C(OH)–C–C–N with tert-alkyl or cyclic N) is 1. The minimum absolute atomic E-state index is 0.0925. The van der Waals surface area contributed by atoms with Crippen molar-refractivity contribution in [3.8, 4) is 0 Å². The van der Waals surface area contributed by atoms with Crippen molar-refractivity contribution < 1.29 is 9.90 Å². The highest BCUT2D eigenvalue weighted by Gasteiger charge is 2.20. The Hall–Kier alpha value is -1.24. The minimum Gasteiger partial charge on any atom is -0.395 e. The molecule has 0 radical (unpaired) electrons. The van der Waals surface area contributed by atoms with Crippen LogP contribution in [-0.2, 0) is 0 Å². The molecule has 5 nitrogen and oxygen atoms in total. The first-order valence-corrected chi connectivity index (χ1v) is 6.82. The molecule has 0 aromatic heterocycles. The summed E-state index contributed by atoms with van der Waals surface area (Å²) in [7, 11) is 0. The predicted octanol–water partition coefficient (Wildman–Crippen LogP) is 1.12. The van der Waals surface area contributed by atoms with E-state index in [4.69, 9.17) is 5.11 Å². The Balaban J connectivity index is 1.87. The van der Waals surface area contributed by atoms with Gasteiger partial charge in [-0.05, 0) is 12.1 Å². The van der Waals surface area contributed by atoms with Gasteiger partial charge >= 0.3 is 6.03 Å². The zero-order chi connectivity index (χ0) is 13.7. The van der Waals surface area contributed by atoms with E-state index in [2.05, 4.69) is 22.8 Å². The number of anilines is 1. The van der Waals surface area contributed by atoms with Gasteiger partial charge in [-0.2, -0.15) is 0 Å². The molecule has 0 atom stereocenters. The lowest BCUT2D eigenvalue weighted by atomic mass is 10.3. The Morgan fingerprint density at radius 3 is 2.58 bits per heavy atom. The molecule has 1 heterocycles. The predicted molar refractivity (Wildman–Crippen MR) is 77.8 cm³/mol. The minimum atomic E-state index is -0.0925. The summed E-state index contributed by atoms with van der Waals surface area (Å²) in [6, 6.07) is 7.34. The lowest BCUT2D eigenvalue weighted by molar-refractivity contribution is 0.127. The summed E-state index contributed by atoms with van der Waals surface area (Å²) in [5, 5.41) is 11.7. The molecule has 1 saturated heterocycles. The number of hydrogen-bond acceptors (Lipinski definition) is 4. The maximum Gasteiger partial charge on any atom is 0.321 e. The first-order valence-electron chi connectivity index (χ1n) is 6.38. The van der Waals surface area contributed by atoms with Crippen molar-refractivity contribution in [2.75, 3.05) is 44.6 Å². The smallest absolute Gasteiger partial charge is 0.321 e. The van der Waals surface area contributed by atoms with Crippen molar-refractivity contribution >= 4 is 24.3 Å². The zero-order valence-corrected chi connectivity index (χ0v) is 11.6. The lowest BCUT2D eigenvalue weighted by Gasteiger charge is -2.34. The van der Waals surface area contributed by atoms with Crippen molar-refractivity contribution in [3.63, 3.8) is 0 Å². The second-order valence-corrected chi connectivity index (χ2v) is 4.98. The number of nitrogens with zero attached hydrogens (tertiary/aromatic N) is 2. The molecule has 0 aliphatic carbocycles. The molecule has 19 heavy (non-hydrogen) atoms. The van der Waals surface area contributed by atoms with Gasteiger partial charge in [-0.25, -0.2) is 4.79 Å². The van der Waals surface area contributed by atoms with E-state index in [0.29, 0.717) is 19.6 Å². The Labute approximate surface area is 118 Å². The molecule has 1 aliphatic heterocycles. The molecule has 1 aliphatic rings. The van der Waals surface area contributed by atoms with Crippen LogP contribution in [0.4, 0.5) is 10.5 Å². The Morgan fingerprint density at radius 1 is 1.26 bits per heavy atom. The number of piperazine rings is 1. The van der Waals surface area contributed by atoms with Crippen molar-refractivity contribution in [1.29, 1.82) is 0 Å². The molecule has 2 N–H and O–H groups in total. The number of amides is 2. The van der Waals surface area contributed by atoms with Crippen LogP contribution < -0.4 is 5.32 Å². The van der Waals surface area contributed by atoms with Gasteiger partial charge in [0.1, 0.15) is 0 Å². The fraction of sp³-hybridized carbons (Fsp3) is 0.462. The molecule has 0 unspecified atom stereocenters. The molecule has 1 aromatic carbocycles. The van der Waals surface area contributed by atoms with Crippen LogP contribution in [0.15, 0.2) is 29.2 Å². The molecular weight excluding hydrogens is 262 g/mol. The highest BCUT2D eigenvalue weighted by atomic mass is 32.1. The van der Waals surface area contributed by atoms with Gasteiger partial charge in [0.05, 0.1) is 12.3 Å². The number of benzene rings is 1. The van der Waals surface area contributed by atoms with Gasteiger partial charge in [0.25, 0.3) is 0 Å². The molecule has 2 rings (SSSR count). The maximum absolute atomic E-state index is 12.1. The third-order valence-corrected chi connectivity index (χ3v) is 3.61. The van der Waals surface area contributed by atoms with E-state index in [-0.39, 0.29) is 12.6 Å². The van der Waals surface area contributed by atoms with Gasteiger partial charge in [-0.1, -0.05) is 12.1 Å². The summed E-state index contributed by atoms with van der Waals surface area (Å²) in [6.07, 6.45) is 0.